The number of carbonyl (C=O) groups excluding carboxylic acids is 1. The lowest BCUT2D eigenvalue weighted by atomic mass is 9.91. The molecule has 5 nitrogen and oxygen atoms in total. The van der Waals surface area contributed by atoms with Gasteiger partial charge in [0, 0.05) is 27.5 Å². The summed E-state index contributed by atoms with van der Waals surface area (Å²) in [6.45, 7) is 4.45. The van der Waals surface area contributed by atoms with Gasteiger partial charge in [0.15, 0.2) is 0 Å². The standard InChI is InChI=1S/C23H28N2O3S3/c1-3-14(2)29-13-18-8-17(12-30-18)16-9-19-21(15-4-6-31(27,28)7-5-15)11-25-22(19)20(10-16)23(24)26/h8-12,14-15,25H,3-7,13H2,1-2H3,(H2,24,26). The molecule has 1 unspecified atom stereocenters. The maximum atomic E-state index is 12.2. The first kappa shape index (κ1) is 22.4. The summed E-state index contributed by atoms with van der Waals surface area (Å²) in [5.74, 6) is 1.12. The van der Waals surface area contributed by atoms with Gasteiger partial charge in [0.05, 0.1) is 22.6 Å². The molecule has 0 aliphatic carbocycles. The Bertz CT molecular complexity index is 1200. The number of primary amides is 1. The number of benzene rings is 1. The zero-order chi connectivity index (χ0) is 22.2. The molecule has 1 saturated heterocycles. The van der Waals surface area contributed by atoms with Crippen molar-refractivity contribution >= 4 is 49.7 Å². The molecule has 2 aromatic heterocycles. The molecular formula is C23H28N2O3S3. The van der Waals surface area contributed by atoms with Crippen molar-refractivity contribution in [1.29, 1.82) is 0 Å². The van der Waals surface area contributed by atoms with Gasteiger partial charge >= 0.3 is 0 Å². The molecule has 0 spiro atoms. The van der Waals surface area contributed by atoms with E-state index in [2.05, 4.69) is 36.3 Å². The summed E-state index contributed by atoms with van der Waals surface area (Å²) < 4.78 is 23.7. The third-order valence-corrected chi connectivity index (χ3v) is 10.4. The summed E-state index contributed by atoms with van der Waals surface area (Å²) >= 11 is 3.69. The van der Waals surface area contributed by atoms with Crippen LogP contribution in [0.5, 0.6) is 0 Å². The number of H-pyrrole nitrogens is 1. The van der Waals surface area contributed by atoms with Crippen molar-refractivity contribution in [1.82, 2.24) is 4.98 Å². The average molecular weight is 477 g/mol. The first-order chi connectivity index (χ1) is 14.8. The molecule has 1 aliphatic rings. The van der Waals surface area contributed by atoms with Crippen molar-refractivity contribution in [2.75, 3.05) is 11.5 Å². The minimum atomic E-state index is -2.93. The van der Waals surface area contributed by atoms with E-state index in [1.807, 2.05) is 24.0 Å². The van der Waals surface area contributed by atoms with Crippen molar-refractivity contribution in [3.63, 3.8) is 0 Å². The number of thioether (sulfide) groups is 1. The second kappa shape index (κ2) is 9.00. The Hall–Kier alpha value is -1.77. The number of aromatic amines is 1. The number of carbonyl (C=O) groups is 1. The Labute approximate surface area is 191 Å². The smallest absolute Gasteiger partial charge is 0.250 e. The van der Waals surface area contributed by atoms with Gasteiger partial charge in [-0.25, -0.2) is 8.42 Å². The van der Waals surface area contributed by atoms with Crippen molar-refractivity contribution < 1.29 is 13.2 Å². The second-order valence-corrected chi connectivity index (χ2v) is 13.0. The number of aromatic nitrogens is 1. The number of sulfone groups is 1. The second-order valence-electron chi connectivity index (χ2n) is 8.31. The van der Waals surface area contributed by atoms with Crippen LogP contribution in [0.15, 0.2) is 29.8 Å². The van der Waals surface area contributed by atoms with Gasteiger partial charge in [-0.05, 0) is 65.4 Å². The minimum Gasteiger partial charge on any atom is -0.366 e. The lowest BCUT2D eigenvalue weighted by molar-refractivity contribution is 0.100. The van der Waals surface area contributed by atoms with E-state index in [1.54, 1.807) is 11.3 Å². The van der Waals surface area contributed by atoms with Gasteiger partial charge in [0.2, 0.25) is 0 Å². The van der Waals surface area contributed by atoms with Gasteiger partial charge in [-0.2, -0.15) is 11.8 Å². The monoisotopic (exact) mass is 476 g/mol. The first-order valence-electron chi connectivity index (χ1n) is 10.6. The predicted molar refractivity (Wildman–Crippen MR) is 132 cm³/mol. The molecule has 8 heteroatoms. The van der Waals surface area contributed by atoms with Crippen molar-refractivity contribution in [3.05, 3.63) is 45.8 Å². The highest BCUT2D eigenvalue weighted by molar-refractivity contribution is 7.99. The molecule has 0 bridgehead atoms. The lowest BCUT2D eigenvalue weighted by Crippen LogP contribution is -2.22. The number of hydrogen-bond donors (Lipinski definition) is 2. The summed E-state index contributed by atoms with van der Waals surface area (Å²) in [7, 11) is -2.93. The van der Waals surface area contributed by atoms with E-state index in [-0.39, 0.29) is 17.4 Å². The van der Waals surface area contributed by atoms with Crippen LogP contribution in [0.1, 0.15) is 59.8 Å². The van der Waals surface area contributed by atoms with Gasteiger partial charge in [0.25, 0.3) is 5.91 Å². The van der Waals surface area contributed by atoms with Gasteiger partial charge in [-0.3, -0.25) is 4.79 Å². The topological polar surface area (TPSA) is 93.0 Å². The van der Waals surface area contributed by atoms with Crippen LogP contribution in [0.4, 0.5) is 0 Å². The molecule has 4 rings (SSSR count). The third-order valence-electron chi connectivity index (χ3n) is 6.15. The Morgan fingerprint density at radius 3 is 2.68 bits per heavy atom. The van der Waals surface area contributed by atoms with Crippen molar-refractivity contribution in [2.24, 2.45) is 5.73 Å². The summed E-state index contributed by atoms with van der Waals surface area (Å²) in [4.78, 5) is 16.7. The molecule has 0 radical (unpaired) electrons. The van der Waals surface area contributed by atoms with E-state index in [9.17, 15) is 13.2 Å². The van der Waals surface area contributed by atoms with Crippen LogP contribution in [0.25, 0.3) is 22.0 Å². The number of fused-ring (bicyclic) bond motifs is 1. The van der Waals surface area contributed by atoms with Gasteiger partial charge in [-0.1, -0.05) is 13.8 Å². The normalized spacial score (nSPS) is 17.7. The number of nitrogens with two attached hydrogens (primary N) is 1. The summed E-state index contributed by atoms with van der Waals surface area (Å²) in [5, 5.41) is 3.74. The molecule has 1 amide bonds. The molecule has 31 heavy (non-hydrogen) atoms. The van der Waals surface area contributed by atoms with Crippen LogP contribution in [0.3, 0.4) is 0 Å². The Morgan fingerprint density at radius 2 is 2.00 bits per heavy atom. The van der Waals surface area contributed by atoms with E-state index < -0.39 is 15.7 Å². The fourth-order valence-corrected chi connectivity index (χ4v) is 7.52. The zero-order valence-corrected chi connectivity index (χ0v) is 20.3. The molecule has 1 aliphatic heterocycles. The fourth-order valence-electron chi connectivity index (χ4n) is 4.10. The lowest BCUT2D eigenvalue weighted by Gasteiger charge is -2.21. The van der Waals surface area contributed by atoms with Crippen molar-refractivity contribution in [3.8, 4) is 11.1 Å². The Balaban J connectivity index is 1.70. The third kappa shape index (κ3) is 4.86. The summed E-state index contributed by atoms with van der Waals surface area (Å²) in [6, 6.07) is 6.18. The van der Waals surface area contributed by atoms with E-state index >= 15 is 0 Å². The molecule has 166 valence electrons. The van der Waals surface area contributed by atoms with Crippen LogP contribution in [-0.4, -0.2) is 36.1 Å². The van der Waals surface area contributed by atoms with Crippen LogP contribution in [-0.2, 0) is 15.6 Å². The number of amides is 1. The number of rotatable bonds is 7. The highest BCUT2D eigenvalue weighted by Crippen LogP contribution is 2.38. The van der Waals surface area contributed by atoms with Gasteiger partial charge in [-0.15, -0.1) is 11.3 Å². The SMILES string of the molecule is CCC(C)SCc1cc(-c2cc(C(N)=O)c3[nH]cc(C4CCS(=O)(=O)CC4)c3c2)cs1. The number of thiophene rings is 1. The van der Waals surface area contributed by atoms with Crippen LogP contribution in [0, 0.1) is 0 Å². The van der Waals surface area contributed by atoms with E-state index in [0.29, 0.717) is 23.7 Å². The number of hydrogen-bond acceptors (Lipinski definition) is 5. The average Bonchev–Trinajstić information content (AvgIpc) is 3.38. The molecule has 3 aromatic rings. The van der Waals surface area contributed by atoms with Crippen molar-refractivity contribution in [2.45, 2.75) is 50.0 Å². The highest BCUT2D eigenvalue weighted by atomic mass is 32.2. The van der Waals surface area contributed by atoms with Crippen LogP contribution < -0.4 is 5.73 Å². The number of nitrogens with one attached hydrogen (secondary N) is 1. The van der Waals surface area contributed by atoms with Gasteiger partial charge < -0.3 is 10.7 Å². The quantitative estimate of drug-likeness (QED) is 0.483. The maximum absolute atomic E-state index is 12.2. The maximum Gasteiger partial charge on any atom is 0.250 e. The molecular weight excluding hydrogens is 448 g/mol. The predicted octanol–water partition coefficient (Wildman–Crippen LogP) is 5.32. The highest BCUT2D eigenvalue weighted by Gasteiger charge is 2.27. The first-order valence-corrected chi connectivity index (χ1v) is 14.4. The Kier molecular flexibility index (Phi) is 6.51. The largest absolute Gasteiger partial charge is 0.366 e. The molecule has 0 saturated carbocycles. The summed E-state index contributed by atoms with van der Waals surface area (Å²) in [6.07, 6.45) is 4.30. The van der Waals surface area contributed by atoms with E-state index in [4.69, 9.17) is 5.73 Å². The Morgan fingerprint density at radius 1 is 1.26 bits per heavy atom. The fraction of sp³-hybridized carbons (Fsp3) is 0.435. The minimum absolute atomic E-state index is 0.165. The molecule has 3 heterocycles. The zero-order valence-electron chi connectivity index (χ0n) is 17.8. The molecule has 1 fully saturated rings. The van der Waals surface area contributed by atoms with E-state index in [1.165, 1.54) is 4.88 Å². The molecule has 1 aromatic carbocycles. The molecule has 3 N–H and O–H groups in total. The molecule has 1 atom stereocenters. The van der Waals surface area contributed by atoms with Gasteiger partial charge in [0.1, 0.15) is 9.84 Å². The van der Waals surface area contributed by atoms with Crippen LogP contribution in [0.2, 0.25) is 0 Å². The van der Waals surface area contributed by atoms with E-state index in [0.717, 1.165) is 39.8 Å². The summed E-state index contributed by atoms with van der Waals surface area (Å²) in [5.41, 5.74) is 10.1. The van der Waals surface area contributed by atoms with Crippen LogP contribution >= 0.6 is 23.1 Å².